The third kappa shape index (κ3) is 3.91. The van der Waals surface area contributed by atoms with E-state index in [1.54, 1.807) is 19.0 Å². The first-order valence-corrected chi connectivity index (χ1v) is 11.4. The van der Waals surface area contributed by atoms with Crippen LogP contribution in [0.4, 0.5) is 26.4 Å². The minimum Gasteiger partial charge on any atom is -0.347 e. The molecule has 2 fully saturated rings. The molecule has 32 heavy (non-hydrogen) atoms. The quantitative estimate of drug-likeness (QED) is 0.733. The van der Waals surface area contributed by atoms with Gasteiger partial charge in [-0.3, -0.25) is 9.89 Å². The van der Waals surface area contributed by atoms with Gasteiger partial charge in [0.1, 0.15) is 11.9 Å². The van der Waals surface area contributed by atoms with E-state index in [4.69, 9.17) is 9.97 Å². The zero-order valence-corrected chi connectivity index (χ0v) is 18.5. The van der Waals surface area contributed by atoms with Crippen molar-refractivity contribution in [1.29, 1.82) is 0 Å². The number of hydrogen-bond donors (Lipinski definition) is 2. The minimum absolute atomic E-state index is 0.0615. The Hall–Kier alpha value is -2.78. The Balaban J connectivity index is 1.40. The lowest BCUT2D eigenvalue weighted by Crippen LogP contribution is -2.43. The maximum absolute atomic E-state index is 13.6. The third-order valence-electron chi connectivity index (χ3n) is 6.84. The van der Waals surface area contributed by atoms with Gasteiger partial charge >= 0.3 is 0 Å². The second-order valence-electron chi connectivity index (χ2n) is 9.36. The molecule has 2 aromatic heterocycles. The number of carbonyl (C=O) groups is 1. The number of carbonyl (C=O) groups excluding carboxylic acids is 1. The molecule has 2 aromatic rings. The predicted molar refractivity (Wildman–Crippen MR) is 117 cm³/mol. The van der Waals surface area contributed by atoms with Crippen LogP contribution in [0.15, 0.2) is 6.07 Å². The number of alkyl halides is 2. The summed E-state index contributed by atoms with van der Waals surface area (Å²) in [6, 6.07) is 1.56. The molecule has 0 bridgehead atoms. The molecule has 5 rings (SSSR count). The Morgan fingerprint density at radius 1 is 1.25 bits per heavy atom. The highest BCUT2D eigenvalue weighted by Gasteiger charge is 2.40. The number of fused-ring (bicyclic) bond motifs is 1. The van der Waals surface area contributed by atoms with Crippen LogP contribution in [0, 0.1) is 0 Å². The summed E-state index contributed by atoms with van der Waals surface area (Å²) in [5.41, 5.74) is 2.80. The Kier molecular flexibility index (Phi) is 5.25. The lowest BCUT2D eigenvalue weighted by atomic mass is 10.0. The van der Waals surface area contributed by atoms with E-state index >= 15 is 0 Å². The molecule has 3 heterocycles. The maximum Gasteiger partial charge on any atom is 0.248 e. The van der Waals surface area contributed by atoms with Crippen molar-refractivity contribution in [2.45, 2.75) is 69.2 Å². The van der Waals surface area contributed by atoms with Gasteiger partial charge < -0.3 is 15.1 Å². The van der Waals surface area contributed by atoms with Crippen LogP contribution in [0.1, 0.15) is 61.4 Å². The van der Waals surface area contributed by atoms with Crippen molar-refractivity contribution in [1.82, 2.24) is 25.1 Å². The van der Waals surface area contributed by atoms with E-state index < -0.39 is 5.92 Å². The number of likely N-dealkylation sites (N-methyl/N-ethyl adjacent to an activating group) is 1. The van der Waals surface area contributed by atoms with Gasteiger partial charge in [0.2, 0.25) is 17.8 Å². The molecule has 0 aromatic carbocycles. The Bertz CT molecular complexity index is 1020. The molecule has 0 radical (unpaired) electrons. The summed E-state index contributed by atoms with van der Waals surface area (Å²) in [4.78, 5) is 25.9. The number of anilines is 3. The molecule has 2 aliphatic carbocycles. The molecule has 0 spiro atoms. The fourth-order valence-electron chi connectivity index (χ4n) is 5.16. The zero-order chi connectivity index (χ0) is 22.5. The van der Waals surface area contributed by atoms with Crippen molar-refractivity contribution in [3.63, 3.8) is 0 Å². The van der Waals surface area contributed by atoms with Crippen molar-refractivity contribution < 1.29 is 13.6 Å². The zero-order valence-electron chi connectivity index (χ0n) is 18.5. The van der Waals surface area contributed by atoms with Crippen molar-refractivity contribution in [3.05, 3.63) is 23.0 Å². The fourth-order valence-corrected chi connectivity index (χ4v) is 5.16. The van der Waals surface area contributed by atoms with Crippen molar-refractivity contribution >= 4 is 23.5 Å². The molecule has 8 nitrogen and oxygen atoms in total. The van der Waals surface area contributed by atoms with Gasteiger partial charge in [0.05, 0.1) is 5.69 Å². The average Bonchev–Trinajstić information content (AvgIpc) is 3.53. The Morgan fingerprint density at radius 3 is 2.84 bits per heavy atom. The molecule has 1 unspecified atom stereocenters. The lowest BCUT2D eigenvalue weighted by molar-refractivity contribution is -0.129. The molecule has 2 N–H and O–H groups in total. The second-order valence-corrected chi connectivity index (χ2v) is 9.36. The Labute approximate surface area is 185 Å². The second kappa shape index (κ2) is 7.97. The number of rotatable bonds is 5. The number of nitrogens with one attached hydrogen (secondary N) is 2. The summed E-state index contributed by atoms with van der Waals surface area (Å²) in [5.74, 6) is -0.913. The average molecular weight is 446 g/mol. The lowest BCUT2D eigenvalue weighted by Gasteiger charge is -2.27. The van der Waals surface area contributed by atoms with Crippen LogP contribution in [0.2, 0.25) is 0 Å². The number of aromatic nitrogens is 4. The van der Waals surface area contributed by atoms with Crippen molar-refractivity contribution in [2.24, 2.45) is 0 Å². The molecule has 1 saturated carbocycles. The standard InChI is InChI=1S/C22H29F2N7O/c1-30(2)20(32)17-7-4-10-31(17)21-25-15-6-3-5-14(15)19(27-21)26-18-11-16(28-29-18)13-8-9-22(23,24)12-13/h11,13,17H,3-10,12H2,1-2H3,(H2,25,26,27,28,29)/t13?,17-/m1/s1. The van der Waals surface area contributed by atoms with Crippen LogP contribution in [0.25, 0.3) is 0 Å². The van der Waals surface area contributed by atoms with Crippen LogP contribution in [-0.4, -0.2) is 63.6 Å². The van der Waals surface area contributed by atoms with Crippen LogP contribution < -0.4 is 10.2 Å². The maximum atomic E-state index is 13.6. The summed E-state index contributed by atoms with van der Waals surface area (Å²) < 4.78 is 27.2. The highest BCUT2D eigenvalue weighted by atomic mass is 19.3. The van der Waals surface area contributed by atoms with Crippen LogP contribution in [-0.2, 0) is 17.6 Å². The summed E-state index contributed by atoms with van der Waals surface area (Å²) in [6.45, 7) is 0.741. The number of halogens is 2. The topological polar surface area (TPSA) is 90.0 Å². The molecular weight excluding hydrogens is 416 g/mol. The first kappa shape index (κ1) is 21.1. The number of nitrogens with zero attached hydrogens (tertiary/aromatic N) is 5. The largest absolute Gasteiger partial charge is 0.347 e. The number of aryl methyl sites for hydroxylation is 1. The van der Waals surface area contributed by atoms with E-state index in [2.05, 4.69) is 15.5 Å². The van der Waals surface area contributed by atoms with Gasteiger partial charge in [-0.05, 0) is 38.5 Å². The van der Waals surface area contributed by atoms with Gasteiger partial charge in [-0.2, -0.15) is 10.1 Å². The van der Waals surface area contributed by atoms with Gasteiger partial charge in [-0.1, -0.05) is 0 Å². The molecule has 172 valence electrons. The number of H-pyrrole nitrogens is 1. The van der Waals surface area contributed by atoms with E-state index in [1.807, 2.05) is 11.0 Å². The molecule has 1 aliphatic heterocycles. The highest BCUT2D eigenvalue weighted by molar-refractivity contribution is 5.85. The number of amides is 1. The predicted octanol–water partition coefficient (Wildman–Crippen LogP) is 3.39. The van der Waals surface area contributed by atoms with Gasteiger partial charge in [0, 0.05) is 56.7 Å². The van der Waals surface area contributed by atoms with Gasteiger partial charge in [-0.25, -0.2) is 13.8 Å². The molecule has 2 atom stereocenters. The fraction of sp³-hybridized carbons (Fsp3) is 0.636. The molecular formula is C22H29F2N7O. The van der Waals surface area contributed by atoms with E-state index in [9.17, 15) is 13.6 Å². The van der Waals surface area contributed by atoms with E-state index in [1.165, 1.54) is 0 Å². The first-order valence-electron chi connectivity index (χ1n) is 11.4. The Morgan fingerprint density at radius 2 is 2.09 bits per heavy atom. The van der Waals surface area contributed by atoms with E-state index in [-0.39, 0.29) is 30.7 Å². The summed E-state index contributed by atoms with van der Waals surface area (Å²) in [5, 5.41) is 10.5. The van der Waals surface area contributed by atoms with Crippen LogP contribution in [0.5, 0.6) is 0 Å². The van der Waals surface area contributed by atoms with Crippen LogP contribution in [0.3, 0.4) is 0 Å². The third-order valence-corrected chi connectivity index (χ3v) is 6.84. The molecule has 10 heteroatoms. The minimum atomic E-state index is -2.60. The van der Waals surface area contributed by atoms with E-state index in [0.29, 0.717) is 24.0 Å². The smallest absolute Gasteiger partial charge is 0.248 e. The van der Waals surface area contributed by atoms with Gasteiger partial charge in [0.15, 0.2) is 5.82 Å². The first-order chi connectivity index (χ1) is 15.3. The molecule has 3 aliphatic rings. The SMILES string of the molecule is CN(C)C(=O)[C@H]1CCCN1c1nc2c(c(Nc3cc(C4CCC(F)(F)C4)[nH]n3)n1)CCC2. The number of hydrogen-bond acceptors (Lipinski definition) is 6. The van der Waals surface area contributed by atoms with Gasteiger partial charge in [-0.15, -0.1) is 0 Å². The van der Waals surface area contributed by atoms with Crippen molar-refractivity contribution in [2.75, 3.05) is 30.9 Å². The van der Waals surface area contributed by atoms with Gasteiger partial charge in [0.25, 0.3) is 0 Å². The van der Waals surface area contributed by atoms with E-state index in [0.717, 1.165) is 55.6 Å². The summed E-state index contributed by atoms with van der Waals surface area (Å²) in [7, 11) is 3.54. The monoisotopic (exact) mass is 445 g/mol. The molecule has 1 amide bonds. The summed E-state index contributed by atoms with van der Waals surface area (Å²) >= 11 is 0. The highest BCUT2D eigenvalue weighted by Crippen LogP contribution is 2.44. The normalized spacial score (nSPS) is 24.1. The van der Waals surface area contributed by atoms with Crippen molar-refractivity contribution in [3.8, 4) is 0 Å². The number of aromatic amines is 1. The molecule has 1 saturated heterocycles. The van der Waals surface area contributed by atoms with Crippen LogP contribution >= 0.6 is 0 Å². The summed E-state index contributed by atoms with van der Waals surface area (Å²) in [6.07, 6.45) is 4.70.